The Hall–Kier alpha value is -2.93. The second kappa shape index (κ2) is 8.45. The van der Waals surface area contributed by atoms with Gasteiger partial charge in [-0.2, -0.15) is 0 Å². The molecule has 174 valence electrons. The Labute approximate surface area is 192 Å². The van der Waals surface area contributed by atoms with Crippen molar-refractivity contribution in [3.05, 3.63) is 65.5 Å². The molecule has 2 N–H and O–H groups in total. The fourth-order valence-corrected chi connectivity index (χ4v) is 5.62. The summed E-state index contributed by atoms with van der Waals surface area (Å²) in [6, 6.07) is 13.8. The number of hydrogen-bond acceptors (Lipinski definition) is 4. The van der Waals surface area contributed by atoms with E-state index in [-0.39, 0.29) is 30.5 Å². The van der Waals surface area contributed by atoms with Gasteiger partial charge < -0.3 is 9.84 Å². The molecule has 1 aliphatic heterocycles. The number of carbonyl (C=O) groups excluding carboxylic acids is 1. The van der Waals surface area contributed by atoms with Crippen molar-refractivity contribution < 1.29 is 23.8 Å². The molecule has 4 atom stereocenters. The number of rotatable bonds is 7. The van der Waals surface area contributed by atoms with Gasteiger partial charge in [-0.05, 0) is 61.3 Å². The number of hydrogen-bond donors (Lipinski definition) is 2. The molecule has 0 bridgehead atoms. The Morgan fingerprint density at radius 3 is 2.52 bits per heavy atom. The fourth-order valence-electron chi connectivity index (χ4n) is 5.62. The molecule has 33 heavy (non-hydrogen) atoms. The highest BCUT2D eigenvalue weighted by Gasteiger charge is 2.59. The molecule has 0 radical (unpaired) electrons. The summed E-state index contributed by atoms with van der Waals surface area (Å²) in [4.78, 5) is 27.5. The third-order valence-electron chi connectivity index (χ3n) is 7.55. The van der Waals surface area contributed by atoms with Crippen molar-refractivity contribution in [2.24, 2.45) is 5.92 Å². The van der Waals surface area contributed by atoms with Crippen LogP contribution in [0, 0.1) is 11.7 Å². The lowest BCUT2D eigenvalue weighted by molar-refractivity contribution is -0.148. The molecule has 2 saturated carbocycles. The number of ether oxygens (including phenoxy) is 1. The van der Waals surface area contributed by atoms with Gasteiger partial charge in [0.25, 0.3) is 0 Å². The molecule has 7 heteroatoms. The molecule has 1 heterocycles. The number of carbonyl (C=O) groups is 2. The predicted octanol–water partition coefficient (Wildman–Crippen LogP) is 4.83. The third-order valence-corrected chi connectivity index (χ3v) is 7.55. The maximum atomic E-state index is 14.4. The van der Waals surface area contributed by atoms with Gasteiger partial charge in [0.15, 0.2) is 0 Å². The topological polar surface area (TPSA) is 78.9 Å². The van der Waals surface area contributed by atoms with E-state index in [0.29, 0.717) is 17.7 Å². The van der Waals surface area contributed by atoms with Crippen molar-refractivity contribution in [1.82, 2.24) is 5.32 Å². The first-order valence-corrected chi connectivity index (χ1v) is 11.7. The molecule has 2 aromatic carbocycles. The first-order valence-electron chi connectivity index (χ1n) is 11.7. The van der Waals surface area contributed by atoms with Crippen molar-refractivity contribution in [1.29, 1.82) is 0 Å². The normalized spacial score (nSPS) is 25.3. The van der Waals surface area contributed by atoms with E-state index >= 15 is 0 Å². The number of carboxylic acid groups (broad SMARTS) is 1. The fraction of sp³-hybridized carbons (Fsp3) is 0.462. The summed E-state index contributed by atoms with van der Waals surface area (Å²) in [5.41, 5.74) is 0.842. The molecule has 2 fully saturated rings. The van der Waals surface area contributed by atoms with Crippen molar-refractivity contribution in [2.45, 2.75) is 69.2 Å². The number of amides is 1. The SMILES string of the molecule is CCC(NC1CC1)(C(=O)O)C1c2ccc(F)cc2N(C(=O)OCc2ccccc2)C2CCC21. The number of fused-ring (bicyclic) bond motifs is 2. The van der Waals surface area contributed by atoms with Crippen LogP contribution in [0.25, 0.3) is 0 Å². The Kier molecular flexibility index (Phi) is 5.60. The molecule has 2 aliphatic carbocycles. The van der Waals surface area contributed by atoms with Crippen molar-refractivity contribution >= 4 is 17.7 Å². The van der Waals surface area contributed by atoms with Crippen LogP contribution in [0.5, 0.6) is 0 Å². The molecule has 2 aromatic rings. The Bertz CT molecular complexity index is 1060. The highest BCUT2D eigenvalue weighted by atomic mass is 19.1. The van der Waals surface area contributed by atoms with Crippen molar-refractivity contribution in [3.8, 4) is 0 Å². The van der Waals surface area contributed by atoms with Crippen LogP contribution in [0.4, 0.5) is 14.9 Å². The minimum atomic E-state index is -1.16. The third kappa shape index (κ3) is 3.78. The van der Waals surface area contributed by atoms with Crippen LogP contribution < -0.4 is 10.2 Å². The minimum absolute atomic E-state index is 0.0328. The van der Waals surface area contributed by atoms with Gasteiger partial charge in [-0.25, -0.2) is 9.18 Å². The summed E-state index contributed by atoms with van der Waals surface area (Å²) in [6.07, 6.45) is 3.36. The Morgan fingerprint density at radius 1 is 1.15 bits per heavy atom. The summed E-state index contributed by atoms with van der Waals surface area (Å²) in [6.45, 7) is 2.01. The quantitative estimate of drug-likeness (QED) is 0.629. The van der Waals surface area contributed by atoms with Gasteiger partial charge in [-0.15, -0.1) is 0 Å². The van der Waals surface area contributed by atoms with Gasteiger partial charge in [0, 0.05) is 18.0 Å². The predicted molar refractivity (Wildman–Crippen MR) is 122 cm³/mol. The Morgan fingerprint density at radius 2 is 1.91 bits per heavy atom. The molecule has 0 aromatic heterocycles. The van der Waals surface area contributed by atoms with Crippen LogP contribution in [-0.4, -0.2) is 34.8 Å². The first-order chi connectivity index (χ1) is 15.9. The molecule has 0 spiro atoms. The van der Waals surface area contributed by atoms with Crippen LogP contribution >= 0.6 is 0 Å². The molecule has 5 rings (SSSR count). The molecular weight excluding hydrogens is 423 g/mol. The van der Waals surface area contributed by atoms with E-state index in [9.17, 15) is 19.1 Å². The number of anilines is 1. The molecular formula is C26H29FN2O4. The van der Waals surface area contributed by atoms with Gasteiger partial charge in [0.2, 0.25) is 0 Å². The van der Waals surface area contributed by atoms with Gasteiger partial charge in [-0.1, -0.05) is 43.3 Å². The van der Waals surface area contributed by atoms with E-state index in [1.807, 2.05) is 37.3 Å². The molecule has 4 unspecified atom stereocenters. The maximum Gasteiger partial charge on any atom is 0.414 e. The average molecular weight is 453 g/mol. The summed E-state index contributed by atoms with van der Waals surface area (Å²) in [5, 5.41) is 13.8. The second-order valence-electron chi connectivity index (χ2n) is 9.45. The standard InChI is InChI=1S/C26H29FN2O4/c1-2-26(24(30)31,28-18-9-10-18)23-19-12-13-21(19)29(22-14-17(27)8-11-20(22)23)25(32)33-15-16-6-4-3-5-7-16/h3-8,11,14,18-19,21,23,28H,2,9-10,12-13,15H2,1H3,(H,30,31). The lowest BCUT2D eigenvalue weighted by atomic mass is 9.58. The first kappa shape index (κ1) is 21.9. The average Bonchev–Trinajstić information content (AvgIpc) is 3.61. The molecule has 0 saturated heterocycles. The molecule has 6 nitrogen and oxygen atoms in total. The molecule has 1 amide bonds. The smallest absolute Gasteiger partial charge is 0.414 e. The summed E-state index contributed by atoms with van der Waals surface area (Å²) >= 11 is 0. The van der Waals surface area contributed by atoms with Crippen LogP contribution in [-0.2, 0) is 16.1 Å². The summed E-state index contributed by atoms with van der Waals surface area (Å²) in [5.74, 6) is -1.73. The van der Waals surface area contributed by atoms with E-state index in [1.54, 1.807) is 11.0 Å². The summed E-state index contributed by atoms with van der Waals surface area (Å²) < 4.78 is 20.0. The number of nitrogens with one attached hydrogen (secondary N) is 1. The van der Waals surface area contributed by atoms with E-state index in [2.05, 4.69) is 5.32 Å². The molecule has 3 aliphatic rings. The lowest BCUT2D eigenvalue weighted by Crippen LogP contribution is -2.65. The zero-order valence-electron chi connectivity index (χ0n) is 18.7. The number of benzene rings is 2. The number of halogens is 1. The number of aliphatic carboxylic acids is 1. The highest BCUT2D eigenvalue weighted by Crippen LogP contribution is 2.56. The largest absolute Gasteiger partial charge is 0.480 e. The van der Waals surface area contributed by atoms with E-state index in [0.717, 1.165) is 31.2 Å². The van der Waals surface area contributed by atoms with Gasteiger partial charge in [0.1, 0.15) is 18.0 Å². The monoisotopic (exact) mass is 452 g/mol. The van der Waals surface area contributed by atoms with Crippen LogP contribution in [0.1, 0.15) is 56.1 Å². The second-order valence-corrected chi connectivity index (χ2v) is 9.45. The maximum absolute atomic E-state index is 14.4. The van der Waals surface area contributed by atoms with Gasteiger partial charge in [0.05, 0.1) is 5.69 Å². The number of nitrogens with zero attached hydrogens (tertiary/aromatic N) is 1. The highest BCUT2D eigenvalue weighted by molar-refractivity contribution is 5.92. The van der Waals surface area contributed by atoms with Crippen molar-refractivity contribution in [3.63, 3.8) is 0 Å². The zero-order valence-corrected chi connectivity index (χ0v) is 18.7. The minimum Gasteiger partial charge on any atom is -0.480 e. The van der Waals surface area contributed by atoms with Gasteiger partial charge in [-0.3, -0.25) is 15.0 Å². The Balaban J connectivity index is 1.52. The van der Waals surface area contributed by atoms with Crippen LogP contribution in [0.15, 0.2) is 48.5 Å². The van der Waals surface area contributed by atoms with Crippen LogP contribution in [0.3, 0.4) is 0 Å². The van der Waals surface area contributed by atoms with E-state index in [4.69, 9.17) is 4.74 Å². The van der Waals surface area contributed by atoms with E-state index < -0.39 is 23.4 Å². The van der Waals surface area contributed by atoms with Crippen LogP contribution in [0.2, 0.25) is 0 Å². The number of carboxylic acids is 1. The van der Waals surface area contributed by atoms with E-state index in [1.165, 1.54) is 12.1 Å². The zero-order chi connectivity index (χ0) is 23.2. The van der Waals surface area contributed by atoms with Gasteiger partial charge >= 0.3 is 12.1 Å². The van der Waals surface area contributed by atoms with Crippen molar-refractivity contribution in [2.75, 3.05) is 4.90 Å². The summed E-state index contributed by atoms with van der Waals surface area (Å²) in [7, 11) is 0. The lowest BCUT2D eigenvalue weighted by Gasteiger charge is -2.56.